The van der Waals surface area contributed by atoms with E-state index in [2.05, 4.69) is 26.6 Å². The first-order valence-electron chi connectivity index (χ1n) is 7.56. The molecule has 1 amide bonds. The lowest BCUT2D eigenvalue weighted by molar-refractivity contribution is -0.116. The van der Waals surface area contributed by atoms with Crippen molar-refractivity contribution in [2.45, 2.75) is 19.8 Å². The predicted molar refractivity (Wildman–Crippen MR) is 95.1 cm³/mol. The van der Waals surface area contributed by atoms with E-state index in [1.165, 1.54) is 12.1 Å². The van der Waals surface area contributed by atoms with Crippen molar-refractivity contribution in [3.8, 4) is 0 Å². The largest absolute Gasteiger partial charge is 0.326 e. The summed E-state index contributed by atoms with van der Waals surface area (Å²) in [6.07, 6.45) is 1.23. The number of benzene rings is 2. The molecule has 0 fully saturated rings. The Hall–Kier alpha value is -1.72. The molecule has 0 unspecified atom stereocenters. The van der Waals surface area contributed by atoms with Gasteiger partial charge >= 0.3 is 0 Å². The second-order valence-electron chi connectivity index (χ2n) is 5.38. The second kappa shape index (κ2) is 8.79. The van der Waals surface area contributed by atoms with Crippen molar-refractivity contribution in [3.05, 3.63) is 63.9 Å². The van der Waals surface area contributed by atoms with Crippen LogP contribution in [0.5, 0.6) is 0 Å². The van der Waals surface area contributed by atoms with Crippen LogP contribution in [0.15, 0.2) is 46.9 Å². The SMILES string of the molecule is Cc1cc(Br)ccc1NC(=O)CCNCCc1ccc(F)cc1. The van der Waals surface area contributed by atoms with Gasteiger partial charge in [0.05, 0.1) is 0 Å². The number of halogens is 2. The van der Waals surface area contributed by atoms with Gasteiger partial charge in [0.15, 0.2) is 0 Å². The van der Waals surface area contributed by atoms with Crippen LogP contribution in [0, 0.1) is 12.7 Å². The van der Waals surface area contributed by atoms with E-state index in [1.807, 2.05) is 25.1 Å². The lowest BCUT2D eigenvalue weighted by Crippen LogP contribution is -2.23. The maximum Gasteiger partial charge on any atom is 0.225 e. The summed E-state index contributed by atoms with van der Waals surface area (Å²) in [7, 11) is 0. The van der Waals surface area contributed by atoms with Crippen molar-refractivity contribution >= 4 is 27.5 Å². The third-order valence-corrected chi connectivity index (χ3v) is 3.99. The Morgan fingerprint density at radius 2 is 1.87 bits per heavy atom. The first-order valence-corrected chi connectivity index (χ1v) is 8.35. The molecule has 0 radical (unpaired) electrons. The minimum atomic E-state index is -0.221. The van der Waals surface area contributed by atoms with Crippen molar-refractivity contribution in [2.24, 2.45) is 0 Å². The molecule has 122 valence electrons. The molecule has 0 atom stereocenters. The summed E-state index contributed by atoms with van der Waals surface area (Å²) < 4.78 is 13.8. The first kappa shape index (κ1) is 17.6. The van der Waals surface area contributed by atoms with Crippen molar-refractivity contribution in [3.63, 3.8) is 0 Å². The van der Waals surface area contributed by atoms with Crippen molar-refractivity contribution in [2.75, 3.05) is 18.4 Å². The van der Waals surface area contributed by atoms with Gasteiger partial charge in [-0.3, -0.25) is 4.79 Å². The van der Waals surface area contributed by atoms with E-state index in [1.54, 1.807) is 12.1 Å². The smallest absolute Gasteiger partial charge is 0.225 e. The van der Waals surface area contributed by atoms with Crippen LogP contribution >= 0.6 is 15.9 Å². The average Bonchev–Trinajstić information content (AvgIpc) is 2.51. The van der Waals surface area contributed by atoms with Gasteiger partial charge in [0.2, 0.25) is 5.91 Å². The van der Waals surface area contributed by atoms with Crippen LogP contribution in [0.1, 0.15) is 17.5 Å². The fraction of sp³-hybridized carbons (Fsp3) is 0.278. The lowest BCUT2D eigenvalue weighted by atomic mass is 10.1. The fourth-order valence-corrected chi connectivity index (χ4v) is 2.67. The molecule has 0 spiro atoms. The van der Waals surface area contributed by atoms with E-state index in [4.69, 9.17) is 0 Å². The molecule has 2 aromatic carbocycles. The summed E-state index contributed by atoms with van der Waals surface area (Å²) in [5.74, 6) is -0.230. The Balaban J connectivity index is 1.65. The third-order valence-electron chi connectivity index (χ3n) is 3.50. The molecule has 3 nitrogen and oxygen atoms in total. The number of carbonyl (C=O) groups is 1. The average molecular weight is 379 g/mol. The van der Waals surface area contributed by atoms with Crippen molar-refractivity contribution < 1.29 is 9.18 Å². The van der Waals surface area contributed by atoms with Gasteiger partial charge in [-0.2, -0.15) is 0 Å². The number of aryl methyl sites for hydroxylation is 1. The summed E-state index contributed by atoms with van der Waals surface area (Å²) >= 11 is 3.40. The summed E-state index contributed by atoms with van der Waals surface area (Å²) in [6, 6.07) is 12.2. The highest BCUT2D eigenvalue weighted by Gasteiger charge is 2.05. The highest BCUT2D eigenvalue weighted by Crippen LogP contribution is 2.20. The molecule has 0 aliphatic rings. The van der Waals surface area contributed by atoms with Crippen LogP contribution in [0.25, 0.3) is 0 Å². The summed E-state index contributed by atoms with van der Waals surface area (Å²) in [5.41, 5.74) is 2.94. The third kappa shape index (κ3) is 6.12. The Labute approximate surface area is 144 Å². The zero-order valence-electron chi connectivity index (χ0n) is 13.0. The summed E-state index contributed by atoms with van der Waals surface area (Å²) in [4.78, 5) is 11.9. The van der Waals surface area contributed by atoms with Gasteiger partial charge in [-0.25, -0.2) is 4.39 Å². The molecule has 0 heterocycles. The van der Waals surface area contributed by atoms with Crippen LogP contribution in [0.3, 0.4) is 0 Å². The molecule has 2 N–H and O–H groups in total. The quantitative estimate of drug-likeness (QED) is 0.713. The minimum absolute atomic E-state index is 0.00953. The van der Waals surface area contributed by atoms with E-state index < -0.39 is 0 Å². The fourth-order valence-electron chi connectivity index (χ4n) is 2.19. The van der Waals surface area contributed by atoms with Gasteiger partial charge in [-0.15, -0.1) is 0 Å². The van der Waals surface area contributed by atoms with Crippen molar-refractivity contribution in [1.29, 1.82) is 0 Å². The van der Waals surface area contributed by atoms with E-state index in [-0.39, 0.29) is 11.7 Å². The number of nitrogens with one attached hydrogen (secondary N) is 2. The molecule has 2 aromatic rings. The Bertz CT molecular complexity index is 659. The van der Waals surface area contributed by atoms with Gasteiger partial charge in [0.1, 0.15) is 5.82 Å². The molecule has 0 bridgehead atoms. The summed E-state index contributed by atoms with van der Waals surface area (Å²) in [6.45, 7) is 3.33. The predicted octanol–water partition coefficient (Wildman–Crippen LogP) is 4.06. The molecule has 0 saturated heterocycles. The van der Waals surface area contributed by atoms with E-state index in [0.29, 0.717) is 13.0 Å². The van der Waals surface area contributed by atoms with Gasteiger partial charge in [-0.1, -0.05) is 28.1 Å². The second-order valence-corrected chi connectivity index (χ2v) is 6.30. The number of carbonyl (C=O) groups excluding carboxylic acids is 1. The van der Waals surface area contributed by atoms with Crippen LogP contribution in [-0.4, -0.2) is 19.0 Å². The maximum absolute atomic E-state index is 12.8. The molecule has 0 aliphatic heterocycles. The molecule has 0 aromatic heterocycles. The number of hydrogen-bond acceptors (Lipinski definition) is 2. The van der Waals surface area contributed by atoms with Gasteiger partial charge in [-0.05, 0) is 61.3 Å². The maximum atomic E-state index is 12.8. The number of hydrogen-bond donors (Lipinski definition) is 2. The van der Waals surface area contributed by atoms with E-state index >= 15 is 0 Å². The topological polar surface area (TPSA) is 41.1 Å². The molecule has 5 heteroatoms. The van der Waals surface area contributed by atoms with E-state index in [9.17, 15) is 9.18 Å². The summed E-state index contributed by atoms with van der Waals surface area (Å²) in [5, 5.41) is 6.14. The molecule has 0 saturated carbocycles. The number of rotatable bonds is 7. The van der Waals surface area contributed by atoms with Gasteiger partial charge in [0.25, 0.3) is 0 Å². The standard InChI is InChI=1S/C18H20BrFN2O/c1-13-12-15(19)4-7-17(13)22-18(23)9-11-21-10-8-14-2-5-16(20)6-3-14/h2-7,12,21H,8-11H2,1H3,(H,22,23). The van der Waals surface area contributed by atoms with E-state index in [0.717, 1.165) is 34.3 Å². The highest BCUT2D eigenvalue weighted by molar-refractivity contribution is 9.10. The normalized spacial score (nSPS) is 10.6. The lowest BCUT2D eigenvalue weighted by Gasteiger charge is -2.09. The Morgan fingerprint density at radius 3 is 2.57 bits per heavy atom. The first-order chi connectivity index (χ1) is 11.0. The monoisotopic (exact) mass is 378 g/mol. The Morgan fingerprint density at radius 1 is 1.13 bits per heavy atom. The highest BCUT2D eigenvalue weighted by atomic mass is 79.9. The molecule has 23 heavy (non-hydrogen) atoms. The van der Waals surface area contributed by atoms with Crippen molar-refractivity contribution in [1.82, 2.24) is 5.32 Å². The van der Waals surface area contributed by atoms with Crippen LogP contribution in [-0.2, 0) is 11.2 Å². The minimum Gasteiger partial charge on any atom is -0.326 e. The molecular weight excluding hydrogens is 359 g/mol. The van der Waals surface area contributed by atoms with Crippen LogP contribution in [0.2, 0.25) is 0 Å². The van der Waals surface area contributed by atoms with Gasteiger partial charge in [0, 0.05) is 23.1 Å². The molecule has 0 aliphatic carbocycles. The number of amides is 1. The molecule has 2 rings (SSSR count). The number of anilines is 1. The zero-order chi connectivity index (χ0) is 16.7. The van der Waals surface area contributed by atoms with Crippen LogP contribution < -0.4 is 10.6 Å². The zero-order valence-corrected chi connectivity index (χ0v) is 14.6. The molecular formula is C18H20BrFN2O. The Kier molecular flexibility index (Phi) is 6.74. The van der Waals surface area contributed by atoms with Crippen LogP contribution in [0.4, 0.5) is 10.1 Å². The van der Waals surface area contributed by atoms with Gasteiger partial charge < -0.3 is 10.6 Å².